The number of ketones is 2. The van der Waals surface area contributed by atoms with E-state index in [1.807, 2.05) is 24.3 Å². The molecule has 0 heterocycles. The first kappa shape index (κ1) is 55.8. The molecule has 6 rings (SSSR count). The second kappa shape index (κ2) is 29.3. The smallest absolute Gasteiger partial charge is 0.501 e. The fourth-order valence-corrected chi connectivity index (χ4v) is 7.34. The zero-order chi connectivity index (χ0) is 48.7. The average molecular weight is 973 g/mol. The van der Waals surface area contributed by atoms with Crippen LogP contribution in [0.3, 0.4) is 0 Å². The number of unbranched alkanes of at least 4 members (excludes halogenated alkanes) is 9. The summed E-state index contributed by atoms with van der Waals surface area (Å²) >= 11 is 0. The molecule has 0 aliphatic heterocycles. The molecule has 68 heavy (non-hydrogen) atoms. The van der Waals surface area contributed by atoms with Gasteiger partial charge in [-0.3, -0.25) is 45.6 Å². The van der Waals surface area contributed by atoms with Crippen LogP contribution in [0.5, 0.6) is 11.5 Å². The molecule has 4 aromatic carbocycles. The van der Waals surface area contributed by atoms with E-state index in [2.05, 4.69) is 32.9 Å². The van der Waals surface area contributed by atoms with E-state index in [1.165, 1.54) is 101 Å². The number of benzene rings is 4. The van der Waals surface area contributed by atoms with Gasteiger partial charge in [0, 0.05) is 53.7 Å². The summed E-state index contributed by atoms with van der Waals surface area (Å²) in [7, 11) is 0. The van der Waals surface area contributed by atoms with Crippen LogP contribution in [0.15, 0.2) is 95.2 Å². The number of hydrogen-bond acceptors (Lipinski definition) is 15. The van der Waals surface area contributed by atoms with Gasteiger partial charge in [0.2, 0.25) is 23.1 Å². The maximum absolute atomic E-state index is 12.1. The number of aryl methyl sites for hydroxylation is 2. The Morgan fingerprint density at radius 2 is 0.971 bits per heavy atom. The Labute approximate surface area is 408 Å². The van der Waals surface area contributed by atoms with Crippen LogP contribution in [0.4, 0.5) is 22.7 Å². The third kappa shape index (κ3) is 17.0. The van der Waals surface area contributed by atoms with Crippen LogP contribution in [0.25, 0.3) is 12.2 Å². The quantitative estimate of drug-likeness (QED) is 0.0197. The number of nitro groups is 2. The summed E-state index contributed by atoms with van der Waals surface area (Å²) < 4.78 is 0. The Balaban J connectivity index is 0.000000354. The van der Waals surface area contributed by atoms with E-state index in [0.29, 0.717) is 35.3 Å². The van der Waals surface area contributed by atoms with Crippen LogP contribution in [0.2, 0.25) is 0 Å². The molecule has 0 amide bonds. The van der Waals surface area contributed by atoms with Crippen LogP contribution in [-0.4, -0.2) is 91.0 Å². The molecular weight excluding hydrogens is 911 g/mol. The summed E-state index contributed by atoms with van der Waals surface area (Å²) in [6.45, 7) is 8.36. The molecule has 0 aromatic heterocycles. The number of phenolic OH excluding ortho intramolecular Hbond substituents is 2. The first-order valence-electron chi connectivity index (χ1n) is 22.5. The zero-order valence-corrected chi connectivity index (χ0v) is 40.0. The third-order valence-corrected chi connectivity index (χ3v) is 10.8. The molecule has 2 aliphatic rings. The predicted molar refractivity (Wildman–Crippen MR) is 264 cm³/mol. The van der Waals surface area contributed by atoms with Crippen LogP contribution in [-0.2, 0) is 27.0 Å². The number of nitrogens with one attached hydrogen (secondary N) is 2. The Kier molecular flexibility index (Phi) is 24.0. The van der Waals surface area contributed by atoms with Gasteiger partial charge in [-0.2, -0.15) is 10.2 Å². The fourth-order valence-electron chi connectivity index (χ4n) is 7.34. The van der Waals surface area contributed by atoms with Gasteiger partial charge in [0.05, 0.1) is 23.1 Å². The maximum atomic E-state index is 12.1. The molecule has 0 radical (unpaired) electrons. The number of aromatic hydroxyl groups is 2. The molecule has 362 valence electrons. The number of nitrogens with zero attached hydrogens (tertiary/aromatic N) is 5. The summed E-state index contributed by atoms with van der Waals surface area (Å²) in [6, 6.07) is 20.0. The summed E-state index contributed by atoms with van der Waals surface area (Å²) in [5, 5.41) is 67.9. The number of nitro benzene ring substituents is 2. The molecule has 4 aromatic rings. The third-order valence-electron chi connectivity index (χ3n) is 10.8. The van der Waals surface area contributed by atoms with Gasteiger partial charge in [0.25, 0.3) is 0 Å². The Morgan fingerprint density at radius 1 is 0.588 bits per heavy atom. The molecule has 0 saturated carbocycles. The number of rotatable bonds is 21. The summed E-state index contributed by atoms with van der Waals surface area (Å²) in [4.78, 5) is 46.9. The molecule has 0 unspecified atom stereocenters. The second-order valence-electron chi connectivity index (χ2n) is 16.1. The summed E-state index contributed by atoms with van der Waals surface area (Å²) in [5.74, 6) is -1.63. The first-order chi connectivity index (χ1) is 32.3. The molecule has 2 aliphatic carbocycles. The van der Waals surface area contributed by atoms with E-state index in [4.69, 9.17) is 10.2 Å². The predicted octanol–water partition coefficient (Wildman–Crippen LogP) is 9.35. The molecule has 0 spiro atoms. The van der Waals surface area contributed by atoms with Crippen molar-refractivity contribution in [1.29, 1.82) is 0 Å². The molecule has 0 bridgehead atoms. The molecular formula is C50H62CrN7O10+. The van der Waals surface area contributed by atoms with Crippen LogP contribution >= 0.6 is 0 Å². The zero-order valence-electron chi connectivity index (χ0n) is 39.7. The normalized spacial score (nSPS) is 13.4. The minimum absolute atomic E-state index is 0. The van der Waals surface area contributed by atoms with Gasteiger partial charge < -0.3 is 20.4 Å². The SMILES string of the molecule is CCCCCCCCCCCCN(CCO)CCO.Cc1cc(N/N=C2\C(=O)C=Cc3ccccc32)c(O)c([N+](=O)[O-])c1.Cc1cc(N/N=C2\C(=O)C=Cc3ccccc32)c(O)c([N+](=O)[O-])c1.[Cr].[H+]. The van der Waals surface area contributed by atoms with E-state index < -0.39 is 32.7 Å². The number of allylic oxidation sites excluding steroid dienone is 2. The average Bonchev–Trinajstić information content (AvgIpc) is 3.31. The minimum atomic E-state index is -0.676. The van der Waals surface area contributed by atoms with Crippen molar-refractivity contribution in [3.63, 3.8) is 0 Å². The van der Waals surface area contributed by atoms with Crippen molar-refractivity contribution >= 4 is 57.9 Å². The number of hydrazone groups is 2. The number of aliphatic hydroxyl groups excluding tert-OH is 2. The van der Waals surface area contributed by atoms with Crippen molar-refractivity contribution in [2.45, 2.75) is 85.0 Å². The van der Waals surface area contributed by atoms with Gasteiger partial charge in [-0.1, -0.05) is 125 Å². The number of hydrogen-bond donors (Lipinski definition) is 6. The number of carbonyl (C=O) groups excluding carboxylic acids is 2. The minimum Gasteiger partial charge on any atom is -0.501 e. The maximum Gasteiger partial charge on any atom is 1.00 e. The number of carbonyl (C=O) groups is 2. The van der Waals surface area contributed by atoms with E-state index in [9.17, 15) is 40.0 Å². The van der Waals surface area contributed by atoms with E-state index in [0.717, 1.165) is 17.7 Å². The van der Waals surface area contributed by atoms with Gasteiger partial charge in [0.15, 0.2) is 0 Å². The standard InChI is InChI=1S/2C17H13N3O4.C16H35NO2.Cr/c2*1-10-8-13(17(22)14(9-10)20(23)24)18-19-16-12-5-3-2-4-11(12)6-7-15(16)21;1-2-3-4-5-6-7-8-9-10-11-12-17(13-15-18)14-16-19;/h2*2-9,18,22H,1H3;18-19H,2-16H2,1H3;/p+1/b2*19-16-;;. The van der Waals surface area contributed by atoms with Gasteiger partial charge in [-0.15, -0.1) is 0 Å². The van der Waals surface area contributed by atoms with Crippen LogP contribution in [0, 0.1) is 34.1 Å². The van der Waals surface area contributed by atoms with Crippen LogP contribution in [0.1, 0.15) is 106 Å². The first-order valence-corrected chi connectivity index (χ1v) is 22.5. The van der Waals surface area contributed by atoms with Crippen molar-refractivity contribution in [3.8, 4) is 11.5 Å². The van der Waals surface area contributed by atoms with Gasteiger partial charge in [0.1, 0.15) is 22.8 Å². The van der Waals surface area contributed by atoms with Gasteiger partial charge in [-0.05, 0) is 73.4 Å². The Bertz CT molecular complexity index is 2320. The summed E-state index contributed by atoms with van der Waals surface area (Å²) in [5.41, 5.74) is 8.93. The Hall–Kier alpha value is -6.55. The molecule has 18 heteroatoms. The number of phenols is 2. The number of aliphatic hydroxyl groups is 2. The molecule has 0 saturated heterocycles. The largest absolute Gasteiger partial charge is 1.00 e. The number of fused-ring (bicyclic) bond motifs is 2. The van der Waals surface area contributed by atoms with Gasteiger partial charge >= 0.3 is 12.8 Å². The molecule has 6 N–H and O–H groups in total. The van der Waals surface area contributed by atoms with Crippen molar-refractivity contribution in [3.05, 3.63) is 139 Å². The van der Waals surface area contributed by atoms with E-state index in [-0.39, 0.29) is 66.4 Å². The van der Waals surface area contributed by atoms with Crippen molar-refractivity contribution in [2.24, 2.45) is 10.2 Å². The van der Waals surface area contributed by atoms with E-state index in [1.54, 1.807) is 50.3 Å². The second-order valence-corrected chi connectivity index (χ2v) is 16.1. The topological polar surface area (TPSA) is 253 Å². The van der Waals surface area contributed by atoms with Crippen molar-refractivity contribution in [1.82, 2.24) is 4.90 Å². The molecule has 0 fully saturated rings. The van der Waals surface area contributed by atoms with Gasteiger partial charge in [-0.25, -0.2) is 0 Å². The summed E-state index contributed by atoms with van der Waals surface area (Å²) in [6.07, 6.45) is 19.7. The molecule has 0 atom stereocenters. The van der Waals surface area contributed by atoms with Crippen molar-refractivity contribution in [2.75, 3.05) is 43.7 Å². The Morgan fingerprint density at radius 3 is 1.35 bits per heavy atom. The molecule has 17 nitrogen and oxygen atoms in total. The monoisotopic (exact) mass is 972 g/mol. The van der Waals surface area contributed by atoms with Crippen molar-refractivity contribution < 1.29 is 58.6 Å². The fraction of sp³-hybridized carbons (Fsp3) is 0.360. The van der Waals surface area contributed by atoms with E-state index >= 15 is 0 Å². The van der Waals surface area contributed by atoms with Crippen LogP contribution < -0.4 is 10.9 Å². The number of anilines is 2.